The van der Waals surface area contributed by atoms with E-state index in [1.165, 1.54) is 18.1 Å². The van der Waals surface area contributed by atoms with E-state index in [1.807, 2.05) is 66.7 Å². The van der Waals surface area contributed by atoms with E-state index in [2.05, 4.69) is 15.9 Å². The highest BCUT2D eigenvalue weighted by Crippen LogP contribution is 2.65. The molecule has 8 nitrogen and oxygen atoms in total. The minimum absolute atomic E-state index is 0.134. The summed E-state index contributed by atoms with van der Waals surface area (Å²) in [4.78, 5) is 60.1. The summed E-state index contributed by atoms with van der Waals surface area (Å²) in [7, 11) is 1.45. The van der Waals surface area contributed by atoms with Gasteiger partial charge in [-0.05, 0) is 72.2 Å². The number of aromatic hydroxyl groups is 2. The molecule has 1 heterocycles. The van der Waals surface area contributed by atoms with Crippen LogP contribution in [-0.2, 0) is 31.0 Å². The second-order valence-corrected chi connectivity index (χ2v) is 15.0. The molecule has 1 saturated heterocycles. The Hall–Kier alpha value is -5.28. The zero-order chi connectivity index (χ0) is 36.3. The molecule has 1 saturated carbocycles. The number of allylic oxidation sites excluding steroid dienone is 4. The zero-order valence-electron chi connectivity index (χ0n) is 28.4. The number of amides is 2. The molecule has 0 aromatic heterocycles. The molecule has 6 unspecified atom stereocenters. The van der Waals surface area contributed by atoms with Gasteiger partial charge in [-0.25, -0.2) is 0 Å². The van der Waals surface area contributed by atoms with Crippen molar-refractivity contribution in [2.24, 2.45) is 23.7 Å². The van der Waals surface area contributed by atoms with Crippen molar-refractivity contribution in [2.75, 3.05) is 13.7 Å². The summed E-state index contributed by atoms with van der Waals surface area (Å²) in [6.45, 7) is 0.181. The third-order valence-corrected chi connectivity index (χ3v) is 12.1. The van der Waals surface area contributed by atoms with Gasteiger partial charge in [0.05, 0.1) is 24.4 Å². The highest BCUT2D eigenvalue weighted by Gasteiger charge is 2.66. The second-order valence-electron chi connectivity index (χ2n) is 14.1. The quantitative estimate of drug-likeness (QED) is 0.155. The summed E-state index contributed by atoms with van der Waals surface area (Å²) in [6.07, 6.45) is 4.32. The molecule has 6 atom stereocenters. The molecule has 3 aliphatic carbocycles. The molecular weight excluding hydrogens is 722 g/mol. The lowest BCUT2D eigenvalue weighted by atomic mass is 9.44. The topological polar surface area (TPSA) is 121 Å². The maximum atomic E-state index is 15.2. The number of phenolic OH excluding ortho intramolecular Hbond substituents is 2. The molecule has 0 spiro atoms. The number of ketones is 2. The van der Waals surface area contributed by atoms with E-state index in [0.29, 0.717) is 33.2 Å². The number of phenols is 2. The molecular formula is C43H36BrNO7. The van der Waals surface area contributed by atoms with Crippen molar-refractivity contribution in [3.63, 3.8) is 0 Å². The van der Waals surface area contributed by atoms with Crippen molar-refractivity contribution in [3.8, 4) is 17.2 Å². The SMILES string of the molecule is COc1cc(Br)cc(C2C3=CCC4C(=O)N(CCc5ccc(O)cc5)C(=O)C4C3CC3C(=O)C(c4ccccc4)=CC(=O)C32c2ccccc2)c1O. The fourth-order valence-electron chi connectivity index (χ4n) is 9.38. The maximum absolute atomic E-state index is 15.2. The summed E-state index contributed by atoms with van der Waals surface area (Å²) in [5.74, 6) is -4.56. The first-order valence-electron chi connectivity index (χ1n) is 17.5. The van der Waals surface area contributed by atoms with Gasteiger partial charge in [0.2, 0.25) is 11.8 Å². The number of carbonyl (C=O) groups excluding carboxylic acids is 4. The average Bonchev–Trinajstić information content (AvgIpc) is 3.41. The van der Waals surface area contributed by atoms with Gasteiger partial charge in [-0.3, -0.25) is 24.1 Å². The Morgan fingerprint density at radius 1 is 0.865 bits per heavy atom. The summed E-state index contributed by atoms with van der Waals surface area (Å²) in [6, 6.07) is 28.5. The lowest BCUT2D eigenvalue weighted by molar-refractivity contribution is -0.140. The number of hydrogen-bond acceptors (Lipinski definition) is 7. The van der Waals surface area contributed by atoms with Crippen LogP contribution in [0, 0.1) is 23.7 Å². The van der Waals surface area contributed by atoms with E-state index in [1.54, 1.807) is 36.4 Å². The molecule has 4 aromatic carbocycles. The molecule has 52 heavy (non-hydrogen) atoms. The molecule has 0 bridgehead atoms. The standard InChI is InChI=1S/C43H36BrNO7/c1-52-35-21-27(44)20-33(40(35)49)38-29-16-17-30-37(42(51)45(41(30)50)19-18-24-12-14-28(46)15-13-24)32(29)22-34-39(48)31(25-8-4-2-5-9-25)23-36(47)43(34,38)26-10-6-3-7-11-26/h2-16,20-21,23,30,32,34,37-38,46,49H,17-19,22H2,1H3. The zero-order valence-corrected chi connectivity index (χ0v) is 30.0. The van der Waals surface area contributed by atoms with Gasteiger partial charge in [0.1, 0.15) is 5.75 Å². The predicted molar refractivity (Wildman–Crippen MR) is 197 cm³/mol. The fourth-order valence-corrected chi connectivity index (χ4v) is 9.83. The van der Waals surface area contributed by atoms with Gasteiger partial charge >= 0.3 is 0 Å². The van der Waals surface area contributed by atoms with Crippen molar-refractivity contribution < 1.29 is 34.1 Å². The Labute approximate surface area is 309 Å². The van der Waals surface area contributed by atoms with E-state index in [-0.39, 0.29) is 60.0 Å². The highest BCUT2D eigenvalue weighted by atomic mass is 79.9. The summed E-state index contributed by atoms with van der Waals surface area (Å²) in [5.41, 5.74) is 2.13. The van der Waals surface area contributed by atoms with Crippen LogP contribution in [0.1, 0.15) is 41.0 Å². The number of Topliss-reactive ketones (excluding diaryl/α,β-unsaturated/α-hetero) is 1. The predicted octanol–water partition coefficient (Wildman–Crippen LogP) is 6.94. The number of hydrogen-bond donors (Lipinski definition) is 2. The first-order valence-corrected chi connectivity index (χ1v) is 18.2. The Bertz CT molecular complexity index is 2180. The number of fused-ring (bicyclic) bond motifs is 4. The smallest absolute Gasteiger partial charge is 0.233 e. The van der Waals surface area contributed by atoms with E-state index in [4.69, 9.17) is 4.74 Å². The molecule has 2 amide bonds. The van der Waals surface area contributed by atoms with Gasteiger partial charge in [-0.2, -0.15) is 0 Å². The Morgan fingerprint density at radius 2 is 1.56 bits per heavy atom. The van der Waals surface area contributed by atoms with Crippen molar-refractivity contribution in [3.05, 3.63) is 142 Å². The largest absolute Gasteiger partial charge is 0.508 e. The Balaban J connectivity index is 1.31. The average molecular weight is 759 g/mol. The van der Waals surface area contributed by atoms with Gasteiger partial charge in [0.25, 0.3) is 0 Å². The number of rotatable bonds is 7. The first kappa shape index (κ1) is 33.8. The molecule has 9 heteroatoms. The number of nitrogens with zero attached hydrogens (tertiary/aromatic N) is 1. The summed E-state index contributed by atoms with van der Waals surface area (Å²) >= 11 is 3.59. The third kappa shape index (κ3) is 5.16. The van der Waals surface area contributed by atoms with Gasteiger partial charge in [-0.1, -0.05) is 100 Å². The number of halogens is 1. The van der Waals surface area contributed by atoms with Crippen LogP contribution in [0.25, 0.3) is 5.57 Å². The van der Waals surface area contributed by atoms with Gasteiger partial charge < -0.3 is 14.9 Å². The Morgan fingerprint density at radius 3 is 2.25 bits per heavy atom. The number of likely N-dealkylation sites (tertiary alicyclic amines) is 1. The molecule has 0 radical (unpaired) electrons. The van der Waals surface area contributed by atoms with Crippen LogP contribution in [0.5, 0.6) is 17.2 Å². The first-order chi connectivity index (χ1) is 25.1. The monoisotopic (exact) mass is 757 g/mol. The minimum atomic E-state index is -1.47. The molecule has 2 fully saturated rings. The van der Waals surface area contributed by atoms with Gasteiger partial charge in [0.15, 0.2) is 23.1 Å². The number of carbonyl (C=O) groups is 4. The molecule has 8 rings (SSSR count). The number of benzene rings is 4. The van der Waals surface area contributed by atoms with E-state index in [9.17, 15) is 19.8 Å². The lowest BCUT2D eigenvalue weighted by Crippen LogP contribution is -2.58. The van der Waals surface area contributed by atoms with Crippen molar-refractivity contribution in [1.29, 1.82) is 0 Å². The summed E-state index contributed by atoms with van der Waals surface area (Å²) < 4.78 is 6.20. The summed E-state index contributed by atoms with van der Waals surface area (Å²) in [5, 5.41) is 21.6. The molecule has 1 aliphatic heterocycles. The van der Waals surface area contributed by atoms with Crippen molar-refractivity contribution >= 4 is 44.9 Å². The molecule has 2 N–H and O–H groups in total. The number of ether oxygens (including phenoxy) is 1. The van der Waals surface area contributed by atoms with Crippen molar-refractivity contribution in [2.45, 2.75) is 30.6 Å². The maximum Gasteiger partial charge on any atom is 0.233 e. The van der Waals surface area contributed by atoms with Gasteiger partial charge in [-0.15, -0.1) is 0 Å². The molecule has 262 valence electrons. The lowest BCUT2D eigenvalue weighted by Gasteiger charge is -2.55. The van der Waals surface area contributed by atoms with Crippen LogP contribution in [-0.4, -0.2) is 52.1 Å². The fraction of sp³-hybridized carbons (Fsp3) is 0.256. The van der Waals surface area contributed by atoms with E-state index in [0.717, 1.165) is 11.1 Å². The molecule has 4 aromatic rings. The van der Waals surface area contributed by atoms with Crippen LogP contribution >= 0.6 is 15.9 Å². The van der Waals surface area contributed by atoms with E-state index < -0.39 is 35.0 Å². The second kappa shape index (κ2) is 13.0. The van der Waals surface area contributed by atoms with Crippen LogP contribution in [0.15, 0.2) is 119 Å². The third-order valence-electron chi connectivity index (χ3n) is 11.6. The van der Waals surface area contributed by atoms with Gasteiger partial charge in [0, 0.05) is 34.0 Å². The molecule has 4 aliphatic rings. The van der Waals surface area contributed by atoms with Crippen LogP contribution in [0.2, 0.25) is 0 Å². The van der Waals surface area contributed by atoms with Crippen LogP contribution in [0.3, 0.4) is 0 Å². The van der Waals surface area contributed by atoms with Crippen molar-refractivity contribution in [1.82, 2.24) is 4.90 Å². The number of imide groups is 1. The minimum Gasteiger partial charge on any atom is -0.508 e. The van der Waals surface area contributed by atoms with Crippen LogP contribution in [0.4, 0.5) is 0 Å². The normalized spacial score (nSPS) is 26.7. The van der Waals surface area contributed by atoms with Crippen LogP contribution < -0.4 is 4.74 Å². The number of methoxy groups -OCH3 is 1. The van der Waals surface area contributed by atoms with E-state index >= 15 is 9.59 Å². The Kier molecular flexibility index (Phi) is 8.49. The highest BCUT2D eigenvalue weighted by molar-refractivity contribution is 9.10.